The summed E-state index contributed by atoms with van der Waals surface area (Å²) < 4.78 is 29.4. The number of piperazine rings is 1. The molecular weight excluding hydrogens is 426 g/mol. The lowest BCUT2D eigenvalue weighted by Crippen LogP contribution is -2.50. The van der Waals surface area contributed by atoms with Gasteiger partial charge in [-0.2, -0.15) is 4.31 Å². The van der Waals surface area contributed by atoms with Crippen LogP contribution < -0.4 is 0 Å². The Hall–Kier alpha value is -2.78. The SMILES string of the molecule is CCn1nnc2cc(C(=O)N3CCN(S(=O)(=O)c4ccc(C(C)(C)C)cc4)CC3)ccc21. The number of sulfonamides is 1. The smallest absolute Gasteiger partial charge is 0.254 e. The molecule has 0 bridgehead atoms. The van der Waals surface area contributed by atoms with E-state index in [1.165, 1.54) is 4.31 Å². The highest BCUT2D eigenvalue weighted by atomic mass is 32.2. The Kier molecular flexibility index (Phi) is 5.81. The van der Waals surface area contributed by atoms with Crippen molar-refractivity contribution in [2.75, 3.05) is 26.2 Å². The number of carbonyl (C=O) groups excluding carboxylic acids is 1. The fourth-order valence-electron chi connectivity index (χ4n) is 3.93. The quantitative estimate of drug-likeness (QED) is 0.604. The zero-order valence-corrected chi connectivity index (χ0v) is 19.8. The molecule has 1 saturated heterocycles. The zero-order valence-electron chi connectivity index (χ0n) is 18.9. The van der Waals surface area contributed by atoms with Crippen LogP contribution in [0.4, 0.5) is 0 Å². The van der Waals surface area contributed by atoms with Crippen molar-refractivity contribution in [1.29, 1.82) is 0 Å². The summed E-state index contributed by atoms with van der Waals surface area (Å²) in [6, 6.07) is 12.5. The van der Waals surface area contributed by atoms with Gasteiger partial charge < -0.3 is 4.90 Å². The van der Waals surface area contributed by atoms with Gasteiger partial charge in [-0.1, -0.05) is 38.1 Å². The largest absolute Gasteiger partial charge is 0.336 e. The Morgan fingerprint density at radius 3 is 2.25 bits per heavy atom. The van der Waals surface area contributed by atoms with Gasteiger partial charge in [0.05, 0.1) is 10.4 Å². The molecule has 9 heteroatoms. The molecule has 0 aliphatic carbocycles. The average molecular weight is 456 g/mol. The van der Waals surface area contributed by atoms with Gasteiger partial charge in [0.2, 0.25) is 10.0 Å². The van der Waals surface area contributed by atoms with Gasteiger partial charge in [0, 0.05) is 38.3 Å². The number of aromatic nitrogens is 3. The molecule has 1 fully saturated rings. The minimum Gasteiger partial charge on any atom is -0.336 e. The predicted molar refractivity (Wildman–Crippen MR) is 123 cm³/mol. The Morgan fingerprint density at radius 1 is 1.00 bits per heavy atom. The molecule has 0 spiro atoms. The lowest BCUT2D eigenvalue weighted by atomic mass is 9.87. The number of benzene rings is 2. The molecule has 0 N–H and O–H groups in total. The highest BCUT2D eigenvalue weighted by Gasteiger charge is 2.31. The summed E-state index contributed by atoms with van der Waals surface area (Å²) in [7, 11) is -3.59. The number of hydrogen-bond donors (Lipinski definition) is 0. The van der Waals surface area contributed by atoms with Gasteiger partial charge in [0.15, 0.2) is 0 Å². The van der Waals surface area contributed by atoms with E-state index in [0.29, 0.717) is 30.7 Å². The van der Waals surface area contributed by atoms with E-state index >= 15 is 0 Å². The molecule has 0 unspecified atom stereocenters. The molecule has 2 heterocycles. The molecule has 2 aromatic carbocycles. The maximum absolute atomic E-state index is 13.1. The fourth-order valence-corrected chi connectivity index (χ4v) is 5.35. The monoisotopic (exact) mass is 455 g/mol. The van der Waals surface area contributed by atoms with Gasteiger partial charge in [-0.05, 0) is 48.2 Å². The molecule has 0 saturated carbocycles. The zero-order chi connectivity index (χ0) is 23.1. The van der Waals surface area contributed by atoms with Gasteiger partial charge in [0.25, 0.3) is 5.91 Å². The van der Waals surface area contributed by atoms with Crippen LogP contribution in [0.2, 0.25) is 0 Å². The summed E-state index contributed by atoms with van der Waals surface area (Å²) in [5.74, 6) is -0.121. The van der Waals surface area contributed by atoms with E-state index in [1.54, 1.807) is 33.8 Å². The van der Waals surface area contributed by atoms with Crippen LogP contribution in [0.1, 0.15) is 43.6 Å². The van der Waals surface area contributed by atoms with Crippen molar-refractivity contribution in [2.24, 2.45) is 0 Å². The summed E-state index contributed by atoms with van der Waals surface area (Å²) in [6.45, 7) is 10.2. The van der Waals surface area contributed by atoms with Gasteiger partial charge in [0.1, 0.15) is 5.52 Å². The second kappa shape index (κ2) is 8.29. The van der Waals surface area contributed by atoms with E-state index < -0.39 is 10.0 Å². The molecule has 1 aromatic heterocycles. The minimum absolute atomic E-state index is 0.0396. The molecule has 3 aromatic rings. The molecule has 1 aliphatic heterocycles. The van der Waals surface area contributed by atoms with E-state index in [2.05, 4.69) is 31.1 Å². The first-order valence-electron chi connectivity index (χ1n) is 10.8. The third-order valence-electron chi connectivity index (χ3n) is 5.94. The van der Waals surface area contributed by atoms with Crippen LogP contribution in [0.15, 0.2) is 47.4 Å². The molecular formula is C23H29N5O3S. The van der Waals surface area contributed by atoms with E-state index in [0.717, 1.165) is 11.1 Å². The van der Waals surface area contributed by atoms with Crippen molar-refractivity contribution in [3.05, 3.63) is 53.6 Å². The number of fused-ring (bicyclic) bond motifs is 1. The summed E-state index contributed by atoms with van der Waals surface area (Å²) >= 11 is 0. The van der Waals surface area contributed by atoms with Crippen LogP contribution in [0, 0.1) is 0 Å². The summed E-state index contributed by atoms with van der Waals surface area (Å²) in [4.78, 5) is 15.0. The standard InChI is InChI=1S/C23H29N5O3S/c1-5-28-21-11-6-17(16-20(21)24-25-28)22(29)26-12-14-27(15-13-26)32(30,31)19-9-7-18(8-10-19)23(2,3)4/h6-11,16H,5,12-15H2,1-4H3. The van der Waals surface area contributed by atoms with Gasteiger partial charge >= 0.3 is 0 Å². The number of carbonyl (C=O) groups is 1. The number of rotatable bonds is 4. The minimum atomic E-state index is -3.59. The highest BCUT2D eigenvalue weighted by molar-refractivity contribution is 7.89. The van der Waals surface area contributed by atoms with Crippen LogP contribution in [-0.4, -0.2) is 64.7 Å². The molecule has 0 radical (unpaired) electrons. The van der Waals surface area contributed by atoms with Crippen molar-refractivity contribution in [3.8, 4) is 0 Å². The van der Waals surface area contributed by atoms with Crippen molar-refractivity contribution >= 4 is 27.0 Å². The van der Waals surface area contributed by atoms with E-state index in [1.807, 2.05) is 25.1 Å². The van der Waals surface area contributed by atoms with E-state index in [-0.39, 0.29) is 29.3 Å². The first-order chi connectivity index (χ1) is 15.1. The third kappa shape index (κ3) is 4.14. The average Bonchev–Trinajstić information content (AvgIpc) is 3.20. The Morgan fingerprint density at radius 2 is 1.66 bits per heavy atom. The molecule has 1 amide bonds. The maximum atomic E-state index is 13.1. The van der Waals surface area contributed by atoms with Gasteiger partial charge in [-0.25, -0.2) is 13.1 Å². The van der Waals surface area contributed by atoms with Crippen molar-refractivity contribution in [1.82, 2.24) is 24.2 Å². The third-order valence-corrected chi connectivity index (χ3v) is 7.86. The van der Waals surface area contributed by atoms with Crippen molar-refractivity contribution < 1.29 is 13.2 Å². The molecule has 0 atom stereocenters. The van der Waals surface area contributed by atoms with Crippen LogP contribution in [0.25, 0.3) is 11.0 Å². The molecule has 32 heavy (non-hydrogen) atoms. The molecule has 170 valence electrons. The second-order valence-corrected chi connectivity index (χ2v) is 11.0. The summed E-state index contributed by atoms with van der Waals surface area (Å²) in [5.41, 5.74) is 3.15. The lowest BCUT2D eigenvalue weighted by molar-refractivity contribution is 0.0698. The first-order valence-corrected chi connectivity index (χ1v) is 12.3. The van der Waals surface area contributed by atoms with E-state index in [9.17, 15) is 13.2 Å². The molecule has 8 nitrogen and oxygen atoms in total. The predicted octanol–water partition coefficient (Wildman–Crippen LogP) is 2.90. The summed E-state index contributed by atoms with van der Waals surface area (Å²) in [5, 5.41) is 8.21. The number of amides is 1. The first kappa shape index (κ1) is 22.4. The van der Waals surface area contributed by atoms with Crippen LogP contribution in [0.5, 0.6) is 0 Å². The topological polar surface area (TPSA) is 88.4 Å². The maximum Gasteiger partial charge on any atom is 0.254 e. The highest BCUT2D eigenvalue weighted by Crippen LogP contribution is 2.25. The lowest BCUT2D eigenvalue weighted by Gasteiger charge is -2.34. The Labute approximate surface area is 188 Å². The molecule has 1 aliphatic rings. The Balaban J connectivity index is 1.44. The van der Waals surface area contributed by atoms with Gasteiger partial charge in [-0.15, -0.1) is 5.10 Å². The van der Waals surface area contributed by atoms with Crippen molar-refractivity contribution in [2.45, 2.75) is 44.6 Å². The number of aryl methyl sites for hydroxylation is 1. The van der Waals surface area contributed by atoms with E-state index in [4.69, 9.17) is 0 Å². The van der Waals surface area contributed by atoms with Crippen LogP contribution in [-0.2, 0) is 22.0 Å². The number of nitrogens with zero attached hydrogens (tertiary/aromatic N) is 5. The normalized spacial score (nSPS) is 15.9. The Bertz CT molecular complexity index is 1230. The molecule has 4 rings (SSSR count). The van der Waals surface area contributed by atoms with Crippen LogP contribution in [0.3, 0.4) is 0 Å². The second-order valence-electron chi connectivity index (χ2n) is 9.08. The van der Waals surface area contributed by atoms with Gasteiger partial charge in [-0.3, -0.25) is 4.79 Å². The van der Waals surface area contributed by atoms with Crippen LogP contribution >= 0.6 is 0 Å². The fraction of sp³-hybridized carbons (Fsp3) is 0.435. The number of hydrogen-bond acceptors (Lipinski definition) is 5. The van der Waals surface area contributed by atoms with Crippen molar-refractivity contribution in [3.63, 3.8) is 0 Å². The summed E-state index contributed by atoms with van der Waals surface area (Å²) in [6.07, 6.45) is 0.